The molecule has 3 rings (SSSR count). The maximum Gasteiger partial charge on any atom is 0.335 e. The molecule has 0 unspecified atom stereocenters. The topological polar surface area (TPSA) is 70.5 Å². The lowest BCUT2D eigenvalue weighted by molar-refractivity contribution is -0.113. The summed E-state index contributed by atoms with van der Waals surface area (Å²) in [5.41, 5.74) is 2.44. The summed E-state index contributed by atoms with van der Waals surface area (Å²) in [6.07, 6.45) is 3.39. The second kappa shape index (κ2) is 6.54. The Morgan fingerprint density at radius 1 is 1.29 bits per heavy atom. The van der Waals surface area contributed by atoms with Gasteiger partial charge in [-0.2, -0.15) is 0 Å². The molecule has 24 heavy (non-hydrogen) atoms. The number of hydrogen-bond donors (Lipinski definition) is 1. The van der Waals surface area contributed by atoms with Gasteiger partial charge in [-0.25, -0.2) is 4.79 Å². The number of amides is 1. The van der Waals surface area contributed by atoms with Crippen LogP contribution in [-0.2, 0) is 4.79 Å². The van der Waals surface area contributed by atoms with Crippen LogP contribution < -0.4 is 4.90 Å². The number of carbonyl (C=O) groups is 2. The zero-order valence-electron chi connectivity index (χ0n) is 12.6. The Morgan fingerprint density at radius 2 is 2.00 bits per heavy atom. The van der Waals surface area contributed by atoms with Gasteiger partial charge >= 0.3 is 5.97 Å². The van der Waals surface area contributed by atoms with Crippen LogP contribution in [0.5, 0.6) is 0 Å². The third-order valence-electron chi connectivity index (χ3n) is 3.38. The lowest BCUT2D eigenvalue weighted by Crippen LogP contribution is -2.27. The molecule has 1 saturated heterocycles. The van der Waals surface area contributed by atoms with Gasteiger partial charge in [0.2, 0.25) is 0 Å². The normalized spacial score (nSPS) is 16.0. The highest BCUT2D eigenvalue weighted by atomic mass is 32.2. The summed E-state index contributed by atoms with van der Waals surface area (Å²) in [4.78, 5) is 29.7. The first-order valence-corrected chi connectivity index (χ1v) is 8.22. The number of carboxylic acids is 1. The summed E-state index contributed by atoms with van der Waals surface area (Å²) in [6, 6.07) is 9.80. The monoisotopic (exact) mass is 356 g/mol. The van der Waals surface area contributed by atoms with Crippen LogP contribution in [0.3, 0.4) is 0 Å². The zero-order chi connectivity index (χ0) is 17.3. The molecule has 0 radical (unpaired) electrons. The van der Waals surface area contributed by atoms with Crippen molar-refractivity contribution in [3.63, 3.8) is 0 Å². The molecular formula is C17H12N2O3S2. The van der Waals surface area contributed by atoms with E-state index in [1.54, 1.807) is 24.4 Å². The molecule has 1 amide bonds. The molecule has 5 nitrogen and oxygen atoms in total. The van der Waals surface area contributed by atoms with E-state index in [-0.39, 0.29) is 11.5 Å². The number of thiocarbonyl (C=S) groups is 1. The molecule has 1 aliphatic rings. The summed E-state index contributed by atoms with van der Waals surface area (Å²) in [6.45, 7) is 1.95. The quantitative estimate of drug-likeness (QED) is 0.670. The molecule has 0 saturated carbocycles. The van der Waals surface area contributed by atoms with Gasteiger partial charge in [-0.3, -0.25) is 14.7 Å². The summed E-state index contributed by atoms with van der Waals surface area (Å²) in [5.74, 6) is -1.26. The minimum atomic E-state index is -1.02. The van der Waals surface area contributed by atoms with E-state index in [1.165, 1.54) is 28.8 Å². The molecule has 1 fully saturated rings. The van der Waals surface area contributed by atoms with Gasteiger partial charge in [0.15, 0.2) is 4.32 Å². The fraction of sp³-hybridized carbons (Fsp3) is 0.0588. The first-order chi connectivity index (χ1) is 11.5. The van der Waals surface area contributed by atoms with E-state index in [9.17, 15) is 9.59 Å². The Labute approximate surface area is 148 Å². The fourth-order valence-electron chi connectivity index (χ4n) is 2.22. The zero-order valence-corrected chi connectivity index (χ0v) is 14.2. The van der Waals surface area contributed by atoms with E-state index in [0.29, 0.717) is 20.6 Å². The van der Waals surface area contributed by atoms with E-state index in [1.807, 2.05) is 19.1 Å². The minimum absolute atomic E-state index is 0.156. The number of nitrogens with zero attached hydrogens (tertiary/aromatic N) is 2. The maximum absolute atomic E-state index is 12.6. The molecule has 0 spiro atoms. The standard InChI is InChI=1S/C17H12N2O3S2/c1-10-6-7-18-12(8-10)9-14-15(20)19(17(23)24-14)13-4-2-11(3-5-13)16(21)22/h2-9H,1H3,(H,21,22)/b14-9-. The number of thioether (sulfide) groups is 1. The molecule has 1 aliphatic heterocycles. The predicted octanol–water partition coefficient (Wildman–Crippen LogP) is 3.49. The number of anilines is 1. The number of aromatic carboxylic acids is 1. The first kappa shape index (κ1) is 16.4. The average Bonchev–Trinajstić information content (AvgIpc) is 2.81. The summed E-state index contributed by atoms with van der Waals surface area (Å²) < 4.78 is 0.405. The second-order valence-electron chi connectivity index (χ2n) is 5.13. The molecule has 7 heteroatoms. The van der Waals surface area contributed by atoms with Crippen molar-refractivity contribution in [2.24, 2.45) is 0 Å². The van der Waals surface area contributed by atoms with E-state index >= 15 is 0 Å². The van der Waals surface area contributed by atoms with Gasteiger partial charge in [0.25, 0.3) is 5.91 Å². The Morgan fingerprint density at radius 3 is 2.62 bits per heavy atom. The Hall–Kier alpha value is -2.51. The van der Waals surface area contributed by atoms with Crippen LogP contribution >= 0.6 is 24.0 Å². The maximum atomic E-state index is 12.6. The van der Waals surface area contributed by atoms with Gasteiger partial charge in [-0.15, -0.1) is 0 Å². The third kappa shape index (κ3) is 3.22. The van der Waals surface area contributed by atoms with Gasteiger partial charge in [-0.05, 0) is 55.0 Å². The van der Waals surface area contributed by atoms with Gasteiger partial charge in [0, 0.05) is 6.20 Å². The second-order valence-corrected chi connectivity index (χ2v) is 6.80. The van der Waals surface area contributed by atoms with Crippen molar-refractivity contribution in [1.29, 1.82) is 0 Å². The van der Waals surface area contributed by atoms with Gasteiger partial charge in [0.1, 0.15) is 0 Å². The smallest absolute Gasteiger partial charge is 0.335 e. The van der Waals surface area contributed by atoms with Crippen LogP contribution in [0.2, 0.25) is 0 Å². The molecule has 1 aromatic carbocycles. The number of benzene rings is 1. The molecule has 0 bridgehead atoms. The lowest BCUT2D eigenvalue weighted by atomic mass is 10.2. The highest BCUT2D eigenvalue weighted by Crippen LogP contribution is 2.35. The Bertz CT molecular complexity index is 876. The largest absolute Gasteiger partial charge is 0.478 e. The first-order valence-electron chi connectivity index (χ1n) is 6.99. The van der Waals surface area contributed by atoms with Crippen LogP contribution in [0.15, 0.2) is 47.5 Å². The minimum Gasteiger partial charge on any atom is -0.478 e. The van der Waals surface area contributed by atoms with Crippen molar-refractivity contribution in [1.82, 2.24) is 4.98 Å². The molecule has 0 aliphatic carbocycles. The van der Waals surface area contributed by atoms with Crippen molar-refractivity contribution >= 4 is 51.9 Å². The van der Waals surface area contributed by atoms with Gasteiger partial charge < -0.3 is 5.11 Å². The van der Waals surface area contributed by atoms with E-state index in [2.05, 4.69) is 4.98 Å². The predicted molar refractivity (Wildman–Crippen MR) is 98.0 cm³/mol. The molecule has 0 atom stereocenters. The molecule has 2 heterocycles. The number of aryl methyl sites for hydroxylation is 1. The van der Waals surface area contributed by atoms with E-state index in [4.69, 9.17) is 17.3 Å². The number of aromatic nitrogens is 1. The molecule has 120 valence electrons. The Balaban J connectivity index is 1.90. The summed E-state index contributed by atoms with van der Waals surface area (Å²) in [5, 5.41) is 8.95. The van der Waals surface area contributed by atoms with Crippen LogP contribution in [0.4, 0.5) is 5.69 Å². The SMILES string of the molecule is Cc1ccnc(/C=C2\SC(=S)N(c3ccc(C(=O)O)cc3)C2=O)c1. The van der Waals surface area contributed by atoms with Crippen molar-refractivity contribution in [2.75, 3.05) is 4.90 Å². The van der Waals surface area contributed by atoms with E-state index < -0.39 is 5.97 Å². The Kier molecular flexibility index (Phi) is 4.46. The lowest BCUT2D eigenvalue weighted by Gasteiger charge is -2.14. The summed E-state index contributed by atoms with van der Waals surface area (Å²) in [7, 11) is 0. The highest BCUT2D eigenvalue weighted by molar-refractivity contribution is 8.27. The van der Waals surface area contributed by atoms with Gasteiger partial charge in [-0.1, -0.05) is 24.0 Å². The van der Waals surface area contributed by atoms with Crippen LogP contribution in [0.1, 0.15) is 21.6 Å². The molecule has 1 aromatic heterocycles. The van der Waals surface area contributed by atoms with Crippen LogP contribution in [-0.4, -0.2) is 26.3 Å². The molecular weight excluding hydrogens is 344 g/mol. The number of pyridine rings is 1. The average molecular weight is 356 g/mol. The number of rotatable bonds is 3. The highest BCUT2D eigenvalue weighted by Gasteiger charge is 2.33. The van der Waals surface area contributed by atoms with Crippen LogP contribution in [0, 0.1) is 6.92 Å². The number of hydrogen-bond acceptors (Lipinski definition) is 5. The van der Waals surface area contributed by atoms with Crippen molar-refractivity contribution < 1.29 is 14.7 Å². The number of carboxylic acid groups (broad SMARTS) is 1. The van der Waals surface area contributed by atoms with Crippen molar-refractivity contribution in [3.8, 4) is 0 Å². The fourth-order valence-corrected chi connectivity index (χ4v) is 3.50. The third-order valence-corrected chi connectivity index (χ3v) is 4.68. The van der Waals surface area contributed by atoms with Gasteiger partial charge in [0.05, 0.1) is 21.8 Å². The molecule has 2 aromatic rings. The number of carbonyl (C=O) groups excluding carboxylic acids is 1. The van der Waals surface area contributed by atoms with E-state index in [0.717, 1.165) is 5.56 Å². The summed E-state index contributed by atoms with van der Waals surface area (Å²) >= 11 is 6.49. The van der Waals surface area contributed by atoms with Crippen molar-refractivity contribution in [2.45, 2.75) is 6.92 Å². The van der Waals surface area contributed by atoms with Crippen molar-refractivity contribution in [3.05, 3.63) is 64.3 Å². The van der Waals surface area contributed by atoms with Crippen LogP contribution in [0.25, 0.3) is 6.08 Å². The molecule has 1 N–H and O–H groups in total.